The van der Waals surface area contributed by atoms with Crippen molar-refractivity contribution in [1.29, 1.82) is 0 Å². The highest BCUT2D eigenvalue weighted by molar-refractivity contribution is 6.04. The molecule has 1 aliphatic heterocycles. The van der Waals surface area contributed by atoms with Crippen LogP contribution in [0.4, 0.5) is 0 Å². The number of amides is 1. The predicted molar refractivity (Wildman–Crippen MR) is 85.4 cm³/mol. The highest BCUT2D eigenvalue weighted by Gasteiger charge is 2.29. The van der Waals surface area contributed by atoms with Crippen LogP contribution in [0.3, 0.4) is 0 Å². The maximum Gasteiger partial charge on any atom is 0.264 e. The number of methoxy groups -OCH3 is 3. The van der Waals surface area contributed by atoms with Crippen LogP contribution in [0.2, 0.25) is 0 Å². The molecule has 0 radical (unpaired) electrons. The van der Waals surface area contributed by atoms with Crippen molar-refractivity contribution in [3.63, 3.8) is 0 Å². The van der Waals surface area contributed by atoms with Gasteiger partial charge in [-0.15, -0.1) is 0 Å². The lowest BCUT2D eigenvalue weighted by Crippen LogP contribution is -2.35. The Bertz CT molecular complexity index is 575. The zero-order chi connectivity index (χ0) is 16.8. The molecule has 2 rings (SSSR count). The van der Waals surface area contributed by atoms with E-state index in [0.717, 1.165) is 12.0 Å². The van der Waals surface area contributed by atoms with E-state index < -0.39 is 6.10 Å². The first-order chi connectivity index (χ1) is 11.1. The maximum atomic E-state index is 11.9. The van der Waals surface area contributed by atoms with Crippen molar-refractivity contribution in [2.45, 2.75) is 25.9 Å². The number of hydrogen-bond acceptors (Lipinski definition) is 6. The molecule has 1 aromatic carbocycles. The molecular weight excluding hydrogens is 300 g/mol. The summed E-state index contributed by atoms with van der Waals surface area (Å²) < 4.78 is 15.9. The zero-order valence-electron chi connectivity index (χ0n) is 13.8. The smallest absolute Gasteiger partial charge is 0.264 e. The Morgan fingerprint density at radius 1 is 1.26 bits per heavy atom. The molecule has 0 saturated carbocycles. The normalized spacial score (nSPS) is 16.3. The van der Waals surface area contributed by atoms with Gasteiger partial charge >= 0.3 is 0 Å². The van der Waals surface area contributed by atoms with Crippen LogP contribution in [0.5, 0.6) is 17.2 Å². The molecule has 0 fully saturated rings. The van der Waals surface area contributed by atoms with Crippen LogP contribution in [0.1, 0.15) is 25.3 Å². The molecule has 1 atom stereocenters. The molecule has 0 aromatic heterocycles. The number of nitrogens with one attached hydrogen (secondary N) is 1. The summed E-state index contributed by atoms with van der Waals surface area (Å²) in [6.45, 7) is 2.62. The van der Waals surface area contributed by atoms with Crippen molar-refractivity contribution < 1.29 is 23.8 Å². The molecule has 1 amide bonds. The minimum atomic E-state index is -0.601. The number of rotatable bonds is 7. The Morgan fingerprint density at radius 3 is 2.43 bits per heavy atom. The van der Waals surface area contributed by atoms with Gasteiger partial charge < -0.3 is 24.4 Å². The van der Waals surface area contributed by atoms with E-state index in [4.69, 9.17) is 19.0 Å². The van der Waals surface area contributed by atoms with E-state index in [0.29, 0.717) is 35.9 Å². The molecule has 1 heterocycles. The lowest BCUT2D eigenvalue weighted by Gasteiger charge is -2.13. The number of hydrogen-bond donors (Lipinski definition) is 1. The summed E-state index contributed by atoms with van der Waals surface area (Å²) >= 11 is 0. The van der Waals surface area contributed by atoms with Crippen LogP contribution in [0.25, 0.3) is 0 Å². The Balaban J connectivity index is 2.18. The molecule has 126 valence electrons. The van der Waals surface area contributed by atoms with Gasteiger partial charge in [-0.1, -0.05) is 12.1 Å². The fourth-order valence-electron chi connectivity index (χ4n) is 2.30. The molecule has 23 heavy (non-hydrogen) atoms. The van der Waals surface area contributed by atoms with E-state index in [-0.39, 0.29) is 5.91 Å². The fraction of sp³-hybridized carbons (Fsp3) is 0.500. The summed E-state index contributed by atoms with van der Waals surface area (Å²) in [4.78, 5) is 17.2. The van der Waals surface area contributed by atoms with Crippen LogP contribution in [0, 0.1) is 0 Å². The Hall–Kier alpha value is -2.44. The van der Waals surface area contributed by atoms with Gasteiger partial charge in [0.15, 0.2) is 11.5 Å². The quantitative estimate of drug-likeness (QED) is 0.827. The Labute approximate surface area is 135 Å². The second-order valence-electron chi connectivity index (χ2n) is 5.04. The van der Waals surface area contributed by atoms with Crippen LogP contribution in [-0.2, 0) is 9.63 Å². The number of oxime groups is 1. The van der Waals surface area contributed by atoms with Crippen molar-refractivity contribution in [2.75, 3.05) is 27.9 Å². The van der Waals surface area contributed by atoms with Gasteiger partial charge in [-0.05, 0) is 18.6 Å². The van der Waals surface area contributed by atoms with E-state index in [1.165, 1.54) is 0 Å². The first kappa shape index (κ1) is 16.9. The van der Waals surface area contributed by atoms with Gasteiger partial charge in [0.05, 0.1) is 27.0 Å². The minimum absolute atomic E-state index is 0.155. The van der Waals surface area contributed by atoms with Crippen LogP contribution in [-0.4, -0.2) is 45.6 Å². The number of benzene rings is 1. The third-order valence-electron chi connectivity index (χ3n) is 3.51. The van der Waals surface area contributed by atoms with E-state index in [9.17, 15) is 4.79 Å². The highest BCUT2D eigenvalue weighted by atomic mass is 16.6. The van der Waals surface area contributed by atoms with E-state index in [1.54, 1.807) is 33.5 Å². The number of carbonyl (C=O) groups is 1. The maximum absolute atomic E-state index is 11.9. The predicted octanol–water partition coefficient (Wildman–Crippen LogP) is 1.73. The molecule has 0 spiro atoms. The van der Waals surface area contributed by atoms with Gasteiger partial charge in [-0.25, -0.2) is 0 Å². The molecule has 0 bridgehead atoms. The van der Waals surface area contributed by atoms with Gasteiger partial charge in [-0.3, -0.25) is 4.79 Å². The van der Waals surface area contributed by atoms with Gasteiger partial charge in [0, 0.05) is 18.5 Å². The first-order valence-corrected chi connectivity index (χ1v) is 7.45. The van der Waals surface area contributed by atoms with E-state index >= 15 is 0 Å². The van der Waals surface area contributed by atoms with Crippen molar-refractivity contribution in [1.82, 2.24) is 5.32 Å². The average molecular weight is 322 g/mol. The summed E-state index contributed by atoms with van der Waals surface area (Å²) in [6.07, 6.45) is 0.670. The standard InChI is InChI=1S/C16H22N2O5/c1-5-6-17-16(19)14-9-11(18-23-14)10-7-12(20-2)15(22-4)13(8-10)21-3/h7-8,14H,5-6,9H2,1-4H3,(H,17,19). The first-order valence-electron chi connectivity index (χ1n) is 7.45. The van der Waals surface area contributed by atoms with Gasteiger partial charge in [-0.2, -0.15) is 0 Å². The lowest BCUT2D eigenvalue weighted by molar-refractivity contribution is -0.131. The molecule has 1 N–H and O–H groups in total. The number of nitrogens with zero attached hydrogens (tertiary/aromatic N) is 1. The second kappa shape index (κ2) is 7.71. The third-order valence-corrected chi connectivity index (χ3v) is 3.51. The molecule has 1 aromatic rings. The van der Waals surface area contributed by atoms with Crippen LogP contribution in [0.15, 0.2) is 17.3 Å². The molecule has 1 aliphatic rings. The molecule has 0 saturated heterocycles. The summed E-state index contributed by atoms with van der Waals surface area (Å²) in [5, 5.41) is 6.83. The van der Waals surface area contributed by atoms with Crippen molar-refractivity contribution in [3.8, 4) is 17.2 Å². The Kier molecular flexibility index (Phi) is 5.67. The summed E-state index contributed by atoms with van der Waals surface area (Å²) in [5.74, 6) is 1.42. The average Bonchev–Trinajstić information content (AvgIpc) is 3.08. The van der Waals surface area contributed by atoms with Gasteiger partial charge in [0.2, 0.25) is 11.9 Å². The monoisotopic (exact) mass is 322 g/mol. The molecular formula is C16H22N2O5. The van der Waals surface area contributed by atoms with Crippen molar-refractivity contribution >= 4 is 11.6 Å². The largest absolute Gasteiger partial charge is 0.493 e. The van der Waals surface area contributed by atoms with Gasteiger partial charge in [0.1, 0.15) is 0 Å². The summed E-state index contributed by atoms with van der Waals surface area (Å²) in [6, 6.07) is 3.58. The fourth-order valence-corrected chi connectivity index (χ4v) is 2.30. The van der Waals surface area contributed by atoms with Crippen molar-refractivity contribution in [2.24, 2.45) is 5.16 Å². The molecule has 7 nitrogen and oxygen atoms in total. The van der Waals surface area contributed by atoms with Crippen LogP contribution < -0.4 is 19.5 Å². The number of carbonyl (C=O) groups excluding carboxylic acids is 1. The highest BCUT2D eigenvalue weighted by Crippen LogP contribution is 2.39. The lowest BCUT2D eigenvalue weighted by atomic mass is 10.0. The summed E-state index contributed by atoms with van der Waals surface area (Å²) in [7, 11) is 4.65. The number of ether oxygens (including phenoxy) is 3. The second-order valence-corrected chi connectivity index (χ2v) is 5.04. The van der Waals surface area contributed by atoms with Crippen LogP contribution >= 0.6 is 0 Å². The van der Waals surface area contributed by atoms with E-state index in [2.05, 4.69) is 10.5 Å². The SMILES string of the molecule is CCCNC(=O)C1CC(c2cc(OC)c(OC)c(OC)c2)=NO1. The molecule has 0 aliphatic carbocycles. The summed E-state index contributed by atoms with van der Waals surface area (Å²) in [5.41, 5.74) is 1.44. The topological polar surface area (TPSA) is 78.4 Å². The van der Waals surface area contributed by atoms with E-state index in [1.807, 2.05) is 6.92 Å². The Morgan fingerprint density at radius 2 is 1.91 bits per heavy atom. The molecule has 7 heteroatoms. The minimum Gasteiger partial charge on any atom is -0.493 e. The molecule has 1 unspecified atom stereocenters. The van der Waals surface area contributed by atoms with Gasteiger partial charge in [0.25, 0.3) is 5.91 Å². The van der Waals surface area contributed by atoms with Crippen molar-refractivity contribution in [3.05, 3.63) is 17.7 Å². The zero-order valence-corrected chi connectivity index (χ0v) is 13.8. The third kappa shape index (κ3) is 3.67.